The van der Waals surface area contributed by atoms with Crippen LogP contribution in [0.15, 0.2) is 42.5 Å². The number of halogens is 1. The normalized spacial score (nSPS) is 12.4. The Morgan fingerprint density at radius 1 is 0.950 bits per heavy atom. The van der Waals surface area contributed by atoms with E-state index in [2.05, 4.69) is 56.4 Å². The molecule has 1 unspecified atom stereocenters. The predicted molar refractivity (Wildman–Crippen MR) is 87.5 cm³/mol. The van der Waals surface area contributed by atoms with Gasteiger partial charge in [-0.2, -0.15) is 0 Å². The molecule has 0 bridgehead atoms. The van der Waals surface area contributed by atoms with Crippen LogP contribution in [0.1, 0.15) is 41.6 Å². The molecule has 0 amide bonds. The SMILES string of the molecule is CCCNC(c1ccc(Cl)cc1)c1ccc(C)c(C)c1. The fourth-order valence-electron chi connectivity index (χ4n) is 2.32. The third-order valence-corrected chi connectivity index (χ3v) is 3.92. The number of benzene rings is 2. The Hall–Kier alpha value is -1.31. The van der Waals surface area contributed by atoms with Crippen molar-refractivity contribution in [2.45, 2.75) is 33.2 Å². The largest absolute Gasteiger partial charge is 0.306 e. The highest BCUT2D eigenvalue weighted by Crippen LogP contribution is 2.25. The quantitative estimate of drug-likeness (QED) is 0.812. The van der Waals surface area contributed by atoms with Crippen molar-refractivity contribution in [2.24, 2.45) is 0 Å². The summed E-state index contributed by atoms with van der Waals surface area (Å²) in [5, 5.41) is 4.41. The molecular weight excluding hydrogens is 266 g/mol. The first-order valence-electron chi connectivity index (χ1n) is 7.18. The summed E-state index contributed by atoms with van der Waals surface area (Å²) in [6.07, 6.45) is 1.12. The van der Waals surface area contributed by atoms with E-state index in [9.17, 15) is 0 Å². The molecule has 106 valence electrons. The molecule has 1 atom stereocenters. The molecule has 2 rings (SSSR count). The van der Waals surface area contributed by atoms with Crippen molar-refractivity contribution < 1.29 is 0 Å². The molecule has 2 aromatic carbocycles. The Bertz CT molecular complexity index is 560. The van der Waals surface area contributed by atoms with Gasteiger partial charge in [0, 0.05) is 5.02 Å². The van der Waals surface area contributed by atoms with Crippen molar-refractivity contribution >= 4 is 11.6 Å². The number of nitrogens with one attached hydrogen (secondary N) is 1. The predicted octanol–water partition coefficient (Wildman–Crippen LogP) is 5.05. The van der Waals surface area contributed by atoms with Gasteiger partial charge >= 0.3 is 0 Å². The van der Waals surface area contributed by atoms with Crippen LogP contribution in [0, 0.1) is 13.8 Å². The Balaban J connectivity index is 2.35. The molecule has 0 fully saturated rings. The highest BCUT2D eigenvalue weighted by molar-refractivity contribution is 6.30. The number of hydrogen-bond donors (Lipinski definition) is 1. The van der Waals surface area contributed by atoms with E-state index < -0.39 is 0 Å². The van der Waals surface area contributed by atoms with E-state index in [1.165, 1.54) is 22.3 Å². The lowest BCUT2D eigenvalue weighted by Gasteiger charge is -2.20. The van der Waals surface area contributed by atoms with Gasteiger partial charge in [-0.1, -0.05) is 48.9 Å². The zero-order valence-electron chi connectivity index (χ0n) is 12.4. The van der Waals surface area contributed by atoms with Crippen LogP contribution in [-0.4, -0.2) is 6.54 Å². The van der Waals surface area contributed by atoms with Crippen LogP contribution in [0.5, 0.6) is 0 Å². The van der Waals surface area contributed by atoms with E-state index in [1.807, 2.05) is 12.1 Å². The van der Waals surface area contributed by atoms with Gasteiger partial charge in [0.25, 0.3) is 0 Å². The van der Waals surface area contributed by atoms with Crippen LogP contribution >= 0.6 is 11.6 Å². The maximum absolute atomic E-state index is 5.99. The second-order valence-electron chi connectivity index (χ2n) is 5.28. The molecule has 0 aliphatic heterocycles. The Morgan fingerprint density at radius 3 is 2.20 bits per heavy atom. The molecule has 20 heavy (non-hydrogen) atoms. The lowest BCUT2D eigenvalue weighted by molar-refractivity contribution is 0.598. The first-order chi connectivity index (χ1) is 9.61. The Labute approximate surface area is 127 Å². The second kappa shape index (κ2) is 6.92. The summed E-state index contributed by atoms with van der Waals surface area (Å²) in [5.41, 5.74) is 5.23. The lowest BCUT2D eigenvalue weighted by atomic mass is 9.95. The number of hydrogen-bond acceptors (Lipinski definition) is 1. The van der Waals surface area contributed by atoms with E-state index in [4.69, 9.17) is 11.6 Å². The third kappa shape index (κ3) is 3.62. The lowest BCUT2D eigenvalue weighted by Crippen LogP contribution is -2.23. The highest BCUT2D eigenvalue weighted by Gasteiger charge is 2.13. The molecule has 0 saturated heterocycles. The van der Waals surface area contributed by atoms with Crippen molar-refractivity contribution in [1.82, 2.24) is 5.32 Å². The fraction of sp³-hybridized carbons (Fsp3) is 0.333. The van der Waals surface area contributed by atoms with Gasteiger partial charge in [-0.25, -0.2) is 0 Å². The number of aryl methyl sites for hydroxylation is 2. The molecule has 0 aromatic heterocycles. The van der Waals surface area contributed by atoms with Crippen LogP contribution < -0.4 is 5.32 Å². The van der Waals surface area contributed by atoms with Gasteiger partial charge in [-0.3, -0.25) is 0 Å². The molecule has 0 spiro atoms. The maximum Gasteiger partial charge on any atom is 0.0576 e. The second-order valence-corrected chi connectivity index (χ2v) is 5.72. The van der Waals surface area contributed by atoms with E-state index in [0.29, 0.717) is 0 Å². The zero-order chi connectivity index (χ0) is 14.5. The van der Waals surface area contributed by atoms with Gasteiger partial charge in [0.1, 0.15) is 0 Å². The minimum Gasteiger partial charge on any atom is -0.306 e. The molecule has 1 N–H and O–H groups in total. The Kier molecular flexibility index (Phi) is 5.22. The average Bonchev–Trinajstić information content (AvgIpc) is 2.45. The molecular formula is C18H22ClN. The molecule has 1 nitrogen and oxygen atoms in total. The van der Waals surface area contributed by atoms with Gasteiger partial charge < -0.3 is 5.32 Å². The average molecular weight is 288 g/mol. The molecule has 0 aliphatic rings. The minimum absolute atomic E-state index is 0.228. The van der Waals surface area contributed by atoms with Gasteiger partial charge in [-0.15, -0.1) is 0 Å². The zero-order valence-corrected chi connectivity index (χ0v) is 13.2. The van der Waals surface area contributed by atoms with Crippen molar-refractivity contribution in [2.75, 3.05) is 6.54 Å². The summed E-state index contributed by atoms with van der Waals surface area (Å²) in [6, 6.07) is 15.0. The Morgan fingerprint density at radius 2 is 1.60 bits per heavy atom. The van der Waals surface area contributed by atoms with Gasteiger partial charge in [0.15, 0.2) is 0 Å². The van der Waals surface area contributed by atoms with Crippen molar-refractivity contribution in [1.29, 1.82) is 0 Å². The summed E-state index contributed by atoms with van der Waals surface area (Å²) in [7, 11) is 0. The fourth-order valence-corrected chi connectivity index (χ4v) is 2.44. The van der Waals surface area contributed by atoms with Crippen molar-refractivity contribution in [3.05, 3.63) is 69.7 Å². The van der Waals surface area contributed by atoms with Crippen LogP contribution in [0.4, 0.5) is 0 Å². The number of rotatable bonds is 5. The molecule has 0 heterocycles. The van der Waals surface area contributed by atoms with Crippen LogP contribution in [-0.2, 0) is 0 Å². The van der Waals surface area contributed by atoms with Crippen molar-refractivity contribution in [3.63, 3.8) is 0 Å². The first-order valence-corrected chi connectivity index (χ1v) is 7.55. The monoisotopic (exact) mass is 287 g/mol. The molecule has 0 radical (unpaired) electrons. The smallest absolute Gasteiger partial charge is 0.0576 e. The topological polar surface area (TPSA) is 12.0 Å². The van der Waals surface area contributed by atoms with Gasteiger partial charge in [-0.05, 0) is 61.2 Å². The summed E-state index contributed by atoms with van der Waals surface area (Å²) in [4.78, 5) is 0. The molecule has 0 saturated carbocycles. The molecule has 0 aliphatic carbocycles. The molecule has 2 heteroatoms. The van der Waals surface area contributed by atoms with E-state index in [-0.39, 0.29) is 6.04 Å². The third-order valence-electron chi connectivity index (χ3n) is 3.67. The van der Waals surface area contributed by atoms with Crippen LogP contribution in [0.3, 0.4) is 0 Å². The van der Waals surface area contributed by atoms with E-state index in [1.54, 1.807) is 0 Å². The summed E-state index contributed by atoms with van der Waals surface area (Å²) in [5.74, 6) is 0. The first kappa shape index (κ1) is 15.1. The van der Waals surface area contributed by atoms with Gasteiger partial charge in [0.05, 0.1) is 6.04 Å². The summed E-state index contributed by atoms with van der Waals surface area (Å²) >= 11 is 5.99. The summed E-state index contributed by atoms with van der Waals surface area (Å²) < 4.78 is 0. The summed E-state index contributed by atoms with van der Waals surface area (Å²) in [6.45, 7) is 7.50. The highest BCUT2D eigenvalue weighted by atomic mass is 35.5. The van der Waals surface area contributed by atoms with Gasteiger partial charge in [0.2, 0.25) is 0 Å². The maximum atomic E-state index is 5.99. The van der Waals surface area contributed by atoms with Crippen LogP contribution in [0.25, 0.3) is 0 Å². The standard InChI is InChI=1S/C18H22ClN/c1-4-11-20-18(15-7-9-17(19)10-8-15)16-6-5-13(2)14(3)12-16/h5-10,12,18,20H,4,11H2,1-3H3. The van der Waals surface area contributed by atoms with E-state index in [0.717, 1.165) is 18.0 Å². The van der Waals surface area contributed by atoms with Crippen molar-refractivity contribution in [3.8, 4) is 0 Å². The van der Waals surface area contributed by atoms with Crippen LogP contribution in [0.2, 0.25) is 5.02 Å². The molecule has 2 aromatic rings. The van der Waals surface area contributed by atoms with E-state index >= 15 is 0 Å². The minimum atomic E-state index is 0.228.